The molecule has 0 aromatic heterocycles. The molecule has 1 aromatic carbocycles. The van der Waals surface area contributed by atoms with Crippen LogP contribution < -0.4 is 4.90 Å². The van der Waals surface area contributed by atoms with Crippen molar-refractivity contribution in [2.75, 3.05) is 31.1 Å². The van der Waals surface area contributed by atoms with Crippen molar-refractivity contribution in [3.8, 4) is 0 Å². The highest BCUT2D eigenvalue weighted by atomic mass is 19.1. The normalized spacial score (nSPS) is 30.4. The minimum absolute atomic E-state index is 0.195. The zero-order valence-corrected chi connectivity index (χ0v) is 14.7. The Morgan fingerprint density at radius 3 is 2.33 bits per heavy atom. The molecule has 4 rings (SSSR count). The van der Waals surface area contributed by atoms with E-state index in [4.69, 9.17) is 0 Å². The molecule has 3 nitrogen and oxygen atoms in total. The third-order valence-electron chi connectivity index (χ3n) is 6.40. The largest absolute Gasteiger partial charge is 0.371 e. The fraction of sp³-hybridized carbons (Fsp3) is 0.550. The molecule has 1 aliphatic heterocycles. The lowest BCUT2D eigenvalue weighted by atomic mass is 9.95. The van der Waals surface area contributed by atoms with Gasteiger partial charge in [-0.2, -0.15) is 0 Å². The summed E-state index contributed by atoms with van der Waals surface area (Å²) in [5.41, 5.74) is 3.67. The van der Waals surface area contributed by atoms with Gasteiger partial charge in [-0.05, 0) is 48.4 Å². The maximum absolute atomic E-state index is 13.1. The average Bonchev–Trinajstić information content (AvgIpc) is 2.92. The van der Waals surface area contributed by atoms with Gasteiger partial charge in [0.1, 0.15) is 5.82 Å². The first-order valence-electron chi connectivity index (χ1n) is 8.89. The van der Waals surface area contributed by atoms with Crippen LogP contribution in [0, 0.1) is 23.1 Å². The topological polar surface area (TPSA) is 23.6 Å². The summed E-state index contributed by atoms with van der Waals surface area (Å²) in [5, 5.41) is 0. The van der Waals surface area contributed by atoms with Gasteiger partial charge < -0.3 is 9.80 Å². The molecule has 128 valence electrons. The van der Waals surface area contributed by atoms with E-state index in [0.717, 1.165) is 43.9 Å². The molecular formula is C20H25FN2O. The molecule has 2 saturated carbocycles. The summed E-state index contributed by atoms with van der Waals surface area (Å²) in [6.45, 7) is 10.3. The van der Waals surface area contributed by atoms with Crippen LogP contribution in [0.15, 0.2) is 35.5 Å². The molecule has 3 fully saturated rings. The number of benzene rings is 1. The fourth-order valence-electron chi connectivity index (χ4n) is 4.73. The predicted molar refractivity (Wildman–Crippen MR) is 93.3 cm³/mol. The molecule has 1 heterocycles. The molecule has 2 atom stereocenters. The van der Waals surface area contributed by atoms with Gasteiger partial charge in [0.2, 0.25) is 0 Å². The second-order valence-corrected chi connectivity index (χ2v) is 7.98. The number of carbonyl (C=O) groups is 1. The molecule has 1 aromatic rings. The Labute approximate surface area is 143 Å². The maximum atomic E-state index is 13.1. The van der Waals surface area contributed by atoms with Crippen molar-refractivity contribution in [2.24, 2.45) is 17.3 Å². The molecule has 2 unspecified atom stereocenters. The van der Waals surface area contributed by atoms with Crippen LogP contribution in [0.5, 0.6) is 0 Å². The van der Waals surface area contributed by atoms with Crippen LogP contribution in [0.4, 0.5) is 10.1 Å². The molecule has 0 N–H and O–H groups in total. The van der Waals surface area contributed by atoms with Gasteiger partial charge in [-0.25, -0.2) is 4.39 Å². The summed E-state index contributed by atoms with van der Waals surface area (Å²) in [5.74, 6) is 1.21. The summed E-state index contributed by atoms with van der Waals surface area (Å²) in [4.78, 5) is 17.0. The van der Waals surface area contributed by atoms with Crippen LogP contribution in [0.2, 0.25) is 0 Å². The number of fused-ring (bicyclic) bond motifs is 1. The number of rotatable bonds is 2. The highest BCUT2D eigenvalue weighted by Gasteiger charge is 2.65. The minimum Gasteiger partial charge on any atom is -0.371 e. The first-order valence-corrected chi connectivity index (χ1v) is 8.89. The van der Waals surface area contributed by atoms with Crippen LogP contribution in [0.1, 0.15) is 27.2 Å². The highest BCUT2D eigenvalue weighted by molar-refractivity contribution is 6.01. The van der Waals surface area contributed by atoms with Gasteiger partial charge in [-0.15, -0.1) is 0 Å². The second-order valence-electron chi connectivity index (χ2n) is 7.98. The van der Waals surface area contributed by atoms with E-state index in [-0.39, 0.29) is 5.82 Å². The van der Waals surface area contributed by atoms with Crippen LogP contribution in [-0.4, -0.2) is 36.9 Å². The maximum Gasteiger partial charge on any atom is 0.161 e. The number of Topliss-reactive ketones (excluding diaryl/α,β-unsaturated/α-hetero) is 1. The van der Waals surface area contributed by atoms with Crippen molar-refractivity contribution in [3.63, 3.8) is 0 Å². The molecule has 3 aliphatic rings. The number of hydrogen-bond donors (Lipinski definition) is 0. The molecule has 1 saturated heterocycles. The highest BCUT2D eigenvalue weighted by Crippen LogP contribution is 2.68. The number of allylic oxidation sites excluding steroid dienone is 2. The molecule has 0 bridgehead atoms. The van der Waals surface area contributed by atoms with Crippen molar-refractivity contribution in [3.05, 3.63) is 41.4 Å². The molecular weight excluding hydrogens is 303 g/mol. The quantitative estimate of drug-likeness (QED) is 0.777. The number of piperazine rings is 1. The summed E-state index contributed by atoms with van der Waals surface area (Å²) < 4.78 is 13.1. The Morgan fingerprint density at radius 2 is 1.75 bits per heavy atom. The Morgan fingerprint density at radius 1 is 1.12 bits per heavy atom. The zero-order valence-electron chi connectivity index (χ0n) is 14.7. The van der Waals surface area contributed by atoms with E-state index in [1.54, 1.807) is 0 Å². The zero-order chi connectivity index (χ0) is 17.1. The molecule has 0 amide bonds. The Balaban J connectivity index is 1.47. The SMILES string of the molecule is C/C(=C1\C(=O)CC2C1C2(C)C)N1CCN(c2ccc(F)cc2)CC1. The van der Waals surface area contributed by atoms with Crippen molar-refractivity contribution in [2.45, 2.75) is 27.2 Å². The van der Waals surface area contributed by atoms with E-state index in [9.17, 15) is 9.18 Å². The summed E-state index contributed by atoms with van der Waals surface area (Å²) in [6.07, 6.45) is 0.736. The van der Waals surface area contributed by atoms with Crippen LogP contribution in [0.3, 0.4) is 0 Å². The minimum atomic E-state index is -0.195. The standard InChI is InChI=1S/C20H25FN2O/c1-13(18-17(24)12-16-19(18)20(16,2)3)22-8-10-23(11-9-22)15-6-4-14(21)5-7-15/h4-7,16,19H,8-12H2,1-3H3/b18-13-. The van der Waals surface area contributed by atoms with Crippen LogP contribution in [0.25, 0.3) is 0 Å². The van der Waals surface area contributed by atoms with Crippen LogP contribution in [-0.2, 0) is 4.79 Å². The van der Waals surface area contributed by atoms with Crippen molar-refractivity contribution in [1.82, 2.24) is 4.90 Å². The van der Waals surface area contributed by atoms with Gasteiger partial charge in [-0.3, -0.25) is 4.79 Å². The van der Waals surface area contributed by atoms with E-state index < -0.39 is 0 Å². The van der Waals surface area contributed by atoms with Gasteiger partial charge in [0.15, 0.2) is 5.78 Å². The lowest BCUT2D eigenvalue weighted by Gasteiger charge is -2.38. The van der Waals surface area contributed by atoms with Gasteiger partial charge in [0.05, 0.1) is 0 Å². The number of carbonyl (C=O) groups excluding carboxylic acids is 1. The smallest absolute Gasteiger partial charge is 0.161 e. The first-order chi connectivity index (χ1) is 11.4. The molecule has 4 heteroatoms. The Hall–Kier alpha value is -1.84. The number of anilines is 1. The van der Waals surface area contributed by atoms with Crippen molar-refractivity contribution in [1.29, 1.82) is 0 Å². The third-order valence-corrected chi connectivity index (χ3v) is 6.40. The van der Waals surface area contributed by atoms with Crippen molar-refractivity contribution >= 4 is 11.5 Å². The van der Waals surface area contributed by atoms with E-state index in [0.29, 0.717) is 23.0 Å². The summed E-state index contributed by atoms with van der Waals surface area (Å²) in [6, 6.07) is 6.71. The lowest BCUT2D eigenvalue weighted by molar-refractivity contribution is -0.115. The lowest BCUT2D eigenvalue weighted by Crippen LogP contribution is -2.46. The van der Waals surface area contributed by atoms with E-state index in [1.807, 2.05) is 12.1 Å². The number of nitrogens with zero attached hydrogens (tertiary/aromatic N) is 2. The molecule has 24 heavy (non-hydrogen) atoms. The molecule has 2 aliphatic carbocycles. The summed E-state index contributed by atoms with van der Waals surface area (Å²) >= 11 is 0. The van der Waals surface area contributed by atoms with E-state index in [2.05, 4.69) is 30.6 Å². The van der Waals surface area contributed by atoms with E-state index in [1.165, 1.54) is 17.8 Å². The van der Waals surface area contributed by atoms with Crippen molar-refractivity contribution < 1.29 is 9.18 Å². The number of halogens is 1. The van der Waals surface area contributed by atoms with Gasteiger partial charge >= 0.3 is 0 Å². The fourth-order valence-corrected chi connectivity index (χ4v) is 4.73. The van der Waals surface area contributed by atoms with Crippen LogP contribution >= 0.6 is 0 Å². The monoisotopic (exact) mass is 328 g/mol. The van der Waals surface area contributed by atoms with Gasteiger partial charge in [0, 0.05) is 49.6 Å². The number of hydrogen-bond acceptors (Lipinski definition) is 3. The van der Waals surface area contributed by atoms with Gasteiger partial charge in [0.25, 0.3) is 0 Å². The third kappa shape index (κ3) is 2.35. The van der Waals surface area contributed by atoms with E-state index >= 15 is 0 Å². The Kier molecular flexibility index (Phi) is 3.48. The number of ketones is 1. The second kappa shape index (κ2) is 5.33. The first kappa shape index (κ1) is 15.7. The average molecular weight is 328 g/mol. The molecule has 0 radical (unpaired) electrons. The predicted octanol–water partition coefficient (Wildman–Crippen LogP) is 3.47. The summed E-state index contributed by atoms with van der Waals surface area (Å²) in [7, 11) is 0. The molecule has 0 spiro atoms. The Bertz CT molecular complexity index is 699. The van der Waals surface area contributed by atoms with Gasteiger partial charge in [-0.1, -0.05) is 13.8 Å².